The van der Waals surface area contributed by atoms with E-state index in [1.165, 1.54) is 32.1 Å². The van der Waals surface area contributed by atoms with Gasteiger partial charge < -0.3 is 4.52 Å². The van der Waals surface area contributed by atoms with E-state index in [2.05, 4.69) is 5.09 Å². The van der Waals surface area contributed by atoms with Crippen molar-refractivity contribution >= 4 is 30.9 Å². The molecule has 0 aromatic heterocycles. The third-order valence-corrected chi connectivity index (χ3v) is 8.86. The van der Waals surface area contributed by atoms with Crippen LogP contribution in [0.4, 0.5) is 0 Å². The first-order valence-corrected chi connectivity index (χ1v) is 11.1. The van der Waals surface area contributed by atoms with Crippen LogP contribution in [0.1, 0.15) is 32.1 Å². The molecule has 4 nitrogen and oxygen atoms in total. The highest BCUT2D eigenvalue weighted by Gasteiger charge is 2.61. The zero-order valence-electron chi connectivity index (χ0n) is 12.8. The summed E-state index contributed by atoms with van der Waals surface area (Å²) >= 11 is 11.8. The molecular formula is C15H25Cl2N2O2P. The Morgan fingerprint density at radius 3 is 2.36 bits per heavy atom. The maximum Gasteiger partial charge on any atom is 0.343 e. The van der Waals surface area contributed by atoms with Gasteiger partial charge in [0, 0.05) is 36.8 Å². The number of alkyl halides is 2. The summed E-state index contributed by atoms with van der Waals surface area (Å²) in [4.78, 5) is 0. The molecule has 5 fully saturated rings. The predicted octanol–water partition coefficient (Wildman–Crippen LogP) is 3.69. The summed E-state index contributed by atoms with van der Waals surface area (Å²) in [6, 6.07) is 0. The molecule has 1 spiro atoms. The molecule has 0 radical (unpaired) electrons. The Labute approximate surface area is 142 Å². The molecule has 1 aliphatic heterocycles. The van der Waals surface area contributed by atoms with Crippen molar-refractivity contribution in [3.8, 4) is 0 Å². The average Bonchev–Trinajstić information content (AvgIpc) is 2.48. The van der Waals surface area contributed by atoms with Gasteiger partial charge in [-0.2, -0.15) is 0 Å². The summed E-state index contributed by atoms with van der Waals surface area (Å²) in [6.45, 7) is 1.93. The molecule has 0 aromatic carbocycles. The van der Waals surface area contributed by atoms with Crippen molar-refractivity contribution in [3.05, 3.63) is 0 Å². The third-order valence-electron chi connectivity index (χ3n) is 6.31. The summed E-state index contributed by atoms with van der Waals surface area (Å²) in [5, 5.41) is 3.29. The number of hydrogen-bond acceptors (Lipinski definition) is 2. The Morgan fingerprint density at radius 2 is 1.77 bits per heavy atom. The molecule has 4 atom stereocenters. The van der Waals surface area contributed by atoms with Gasteiger partial charge in [0.25, 0.3) is 0 Å². The number of nitrogens with zero attached hydrogens (tertiary/aromatic N) is 1. The first-order valence-electron chi connectivity index (χ1n) is 8.49. The number of nitrogens with one attached hydrogen (secondary N) is 1. The Kier molecular flexibility index (Phi) is 4.33. The second-order valence-corrected chi connectivity index (χ2v) is 10.6. The molecule has 4 aliphatic carbocycles. The van der Waals surface area contributed by atoms with Gasteiger partial charge in [-0.3, -0.25) is 4.57 Å². The van der Waals surface area contributed by atoms with Crippen molar-refractivity contribution in [1.82, 2.24) is 9.76 Å². The van der Waals surface area contributed by atoms with Gasteiger partial charge in [0.2, 0.25) is 0 Å². The van der Waals surface area contributed by atoms with E-state index in [0.717, 1.165) is 18.4 Å². The zero-order valence-corrected chi connectivity index (χ0v) is 15.3. The first kappa shape index (κ1) is 16.2. The fourth-order valence-electron chi connectivity index (χ4n) is 5.79. The standard InChI is InChI=1S/C15H25Cl2N2O2P/c16-1-3-19(4-2-17)22(20)18-10-15-8-11-5-12(9-15)7-13(6-11)14(15)21-22/h11-14H,1-10H2,(H,18,20)/t11-,12-,13?,14+,15?,22+/m0/s1. The van der Waals surface area contributed by atoms with Gasteiger partial charge >= 0.3 is 7.67 Å². The molecular weight excluding hydrogens is 342 g/mol. The van der Waals surface area contributed by atoms with E-state index >= 15 is 0 Å². The fourth-order valence-corrected chi connectivity index (χ4v) is 8.79. The van der Waals surface area contributed by atoms with Crippen molar-refractivity contribution in [3.63, 3.8) is 0 Å². The Morgan fingerprint density at radius 1 is 1.14 bits per heavy atom. The normalized spacial score (nSPS) is 49.6. The molecule has 4 saturated carbocycles. The van der Waals surface area contributed by atoms with Crippen molar-refractivity contribution in [2.45, 2.75) is 38.2 Å². The topological polar surface area (TPSA) is 41.6 Å². The monoisotopic (exact) mass is 366 g/mol. The third kappa shape index (κ3) is 2.50. The van der Waals surface area contributed by atoms with E-state index in [1.807, 2.05) is 4.67 Å². The molecule has 0 amide bonds. The maximum atomic E-state index is 13.4. The first-order chi connectivity index (χ1) is 10.6. The van der Waals surface area contributed by atoms with E-state index in [-0.39, 0.29) is 11.5 Å². The lowest BCUT2D eigenvalue weighted by atomic mass is 9.48. The molecule has 4 bridgehead atoms. The second-order valence-electron chi connectivity index (χ2n) is 7.68. The molecule has 126 valence electrons. The fraction of sp³-hybridized carbons (Fsp3) is 1.00. The Bertz CT molecular complexity index is 472. The minimum Gasteiger partial charge on any atom is -0.302 e. The van der Waals surface area contributed by atoms with Crippen LogP contribution in [-0.2, 0) is 9.09 Å². The van der Waals surface area contributed by atoms with Gasteiger partial charge in [-0.1, -0.05) is 0 Å². The quantitative estimate of drug-likeness (QED) is 0.595. The molecule has 0 aromatic rings. The predicted molar refractivity (Wildman–Crippen MR) is 89.5 cm³/mol. The van der Waals surface area contributed by atoms with Crippen molar-refractivity contribution < 1.29 is 9.09 Å². The maximum absolute atomic E-state index is 13.4. The molecule has 1 saturated heterocycles. The molecule has 22 heavy (non-hydrogen) atoms. The van der Waals surface area contributed by atoms with Crippen LogP contribution >= 0.6 is 30.9 Å². The van der Waals surface area contributed by atoms with Gasteiger partial charge in [-0.15, -0.1) is 23.2 Å². The molecule has 1 N–H and O–H groups in total. The smallest absolute Gasteiger partial charge is 0.302 e. The SMILES string of the molecule is O=[P@]1(N(CCCl)CCCl)NCC23C[C@@H]4CC(C[C@H](C4)C2)[C@H]3O1. The van der Waals surface area contributed by atoms with Crippen molar-refractivity contribution in [2.75, 3.05) is 31.4 Å². The van der Waals surface area contributed by atoms with Gasteiger partial charge in [0.15, 0.2) is 0 Å². The van der Waals surface area contributed by atoms with Gasteiger partial charge in [0.05, 0.1) is 6.10 Å². The molecule has 7 heteroatoms. The molecule has 5 aliphatic rings. The van der Waals surface area contributed by atoms with Crippen LogP contribution in [0.25, 0.3) is 0 Å². The van der Waals surface area contributed by atoms with Crippen LogP contribution in [0.2, 0.25) is 0 Å². The van der Waals surface area contributed by atoms with Gasteiger partial charge in [0.1, 0.15) is 0 Å². The summed E-state index contributed by atoms with van der Waals surface area (Å²) in [5.74, 6) is 3.23. The lowest BCUT2D eigenvalue weighted by Gasteiger charge is -2.63. The highest BCUT2D eigenvalue weighted by molar-refractivity contribution is 7.54. The minimum absolute atomic E-state index is 0.167. The lowest BCUT2D eigenvalue weighted by Crippen LogP contribution is -2.63. The highest BCUT2D eigenvalue weighted by atomic mass is 35.5. The zero-order chi connectivity index (χ0) is 15.4. The van der Waals surface area contributed by atoms with E-state index in [4.69, 9.17) is 27.7 Å². The van der Waals surface area contributed by atoms with Crippen LogP contribution in [0.5, 0.6) is 0 Å². The summed E-state index contributed by atoms with van der Waals surface area (Å²) in [6.07, 6.45) is 6.63. The summed E-state index contributed by atoms with van der Waals surface area (Å²) in [5.41, 5.74) is 0.232. The van der Waals surface area contributed by atoms with E-state index < -0.39 is 7.67 Å². The highest BCUT2D eigenvalue weighted by Crippen LogP contribution is 2.67. The number of hydrogen-bond donors (Lipinski definition) is 1. The van der Waals surface area contributed by atoms with Crippen LogP contribution in [-0.4, -0.2) is 42.2 Å². The Hall–Kier alpha value is 0.690. The van der Waals surface area contributed by atoms with Crippen LogP contribution < -0.4 is 5.09 Å². The molecule has 1 heterocycles. The van der Waals surface area contributed by atoms with Crippen molar-refractivity contribution in [2.24, 2.45) is 23.2 Å². The van der Waals surface area contributed by atoms with Crippen LogP contribution in [0.15, 0.2) is 0 Å². The number of halogens is 2. The second kappa shape index (κ2) is 5.89. The lowest BCUT2D eigenvalue weighted by molar-refractivity contribution is -0.152. The summed E-state index contributed by atoms with van der Waals surface area (Å²) < 4.78 is 21.5. The number of rotatable bonds is 5. The van der Waals surface area contributed by atoms with Crippen LogP contribution in [0, 0.1) is 23.2 Å². The molecule has 0 unspecified atom stereocenters. The summed E-state index contributed by atoms with van der Waals surface area (Å²) in [7, 11) is -3.00. The molecule has 5 rings (SSSR count). The van der Waals surface area contributed by atoms with E-state index in [1.54, 1.807) is 0 Å². The van der Waals surface area contributed by atoms with E-state index in [0.29, 0.717) is 30.8 Å². The van der Waals surface area contributed by atoms with Crippen LogP contribution in [0.3, 0.4) is 0 Å². The van der Waals surface area contributed by atoms with Gasteiger partial charge in [-0.25, -0.2) is 9.76 Å². The minimum atomic E-state index is -3.00. The van der Waals surface area contributed by atoms with E-state index in [9.17, 15) is 4.57 Å². The van der Waals surface area contributed by atoms with Crippen molar-refractivity contribution in [1.29, 1.82) is 0 Å². The average molecular weight is 367 g/mol. The Balaban J connectivity index is 1.57. The largest absolute Gasteiger partial charge is 0.343 e. The van der Waals surface area contributed by atoms with Gasteiger partial charge in [-0.05, 0) is 49.9 Å².